The third-order valence-electron chi connectivity index (χ3n) is 2.28. The number of benzene rings is 1. The van der Waals surface area contributed by atoms with Gasteiger partial charge < -0.3 is 10.8 Å². The maximum Gasteiger partial charge on any atom is 0.356 e. The molecule has 0 aliphatic carbocycles. The van der Waals surface area contributed by atoms with Crippen molar-refractivity contribution in [3.05, 3.63) is 46.0 Å². The molecule has 0 fully saturated rings. The fourth-order valence-corrected chi connectivity index (χ4v) is 1.56. The fourth-order valence-electron chi connectivity index (χ4n) is 1.56. The summed E-state index contributed by atoms with van der Waals surface area (Å²) in [4.78, 5) is 24.5. The van der Waals surface area contributed by atoms with Gasteiger partial charge in [-0.1, -0.05) is 0 Å². The van der Waals surface area contributed by atoms with E-state index in [1.54, 1.807) is 0 Å². The molecule has 0 radical (unpaired) electrons. The number of carbonyl (C=O) groups is 1. The van der Waals surface area contributed by atoms with Gasteiger partial charge in [0, 0.05) is 6.07 Å². The number of nitrogens with two attached hydrogens (primary N) is 1. The molecular weight excluding hydrogens is 248 g/mol. The summed E-state index contributed by atoms with van der Waals surface area (Å²) < 4.78 is 26.8. The first kappa shape index (κ1) is 11.8. The number of carboxylic acid groups (broad SMARTS) is 1. The van der Waals surface area contributed by atoms with Gasteiger partial charge in [0.15, 0.2) is 5.69 Å². The van der Waals surface area contributed by atoms with E-state index >= 15 is 0 Å². The Morgan fingerprint density at radius 3 is 2.61 bits per heavy atom. The lowest BCUT2D eigenvalue weighted by Crippen LogP contribution is -2.20. The molecule has 2 aromatic rings. The Bertz CT molecular complexity index is 690. The van der Waals surface area contributed by atoms with Crippen molar-refractivity contribution in [1.29, 1.82) is 0 Å². The van der Waals surface area contributed by atoms with E-state index in [2.05, 4.69) is 0 Å². The van der Waals surface area contributed by atoms with Crippen molar-refractivity contribution in [2.24, 2.45) is 0 Å². The molecule has 8 heteroatoms. The first-order valence-corrected chi connectivity index (χ1v) is 4.71. The highest BCUT2D eigenvalue weighted by atomic mass is 19.1. The first-order valence-electron chi connectivity index (χ1n) is 4.71. The molecule has 4 N–H and O–H groups in total. The minimum Gasteiger partial charge on any atom is -0.476 e. The molecule has 18 heavy (non-hydrogen) atoms. The van der Waals surface area contributed by atoms with Gasteiger partial charge in [-0.25, -0.2) is 22.9 Å². The summed E-state index contributed by atoms with van der Waals surface area (Å²) in [6.45, 7) is 0. The van der Waals surface area contributed by atoms with Gasteiger partial charge in [0.2, 0.25) is 0 Å². The van der Waals surface area contributed by atoms with Crippen LogP contribution in [0, 0.1) is 11.6 Å². The number of aromatic nitrogens is 2. The van der Waals surface area contributed by atoms with Crippen molar-refractivity contribution in [3.63, 3.8) is 0 Å². The van der Waals surface area contributed by atoms with E-state index in [9.17, 15) is 18.4 Å². The van der Waals surface area contributed by atoms with E-state index in [1.165, 1.54) is 0 Å². The van der Waals surface area contributed by atoms with Gasteiger partial charge in [-0.3, -0.25) is 4.98 Å². The summed E-state index contributed by atoms with van der Waals surface area (Å²) in [5, 5.41) is 8.91. The van der Waals surface area contributed by atoms with Crippen molar-refractivity contribution >= 4 is 11.8 Å². The number of hydrogen-bond acceptors (Lipinski definition) is 3. The zero-order chi connectivity index (χ0) is 13.4. The molecule has 2 rings (SSSR count). The van der Waals surface area contributed by atoms with Crippen LogP contribution in [-0.4, -0.2) is 20.6 Å². The second kappa shape index (κ2) is 3.99. The van der Waals surface area contributed by atoms with Crippen LogP contribution in [0.2, 0.25) is 0 Å². The predicted molar refractivity (Wildman–Crippen MR) is 57.7 cm³/mol. The predicted octanol–water partition coefficient (Wildman–Crippen LogP) is 0.724. The standard InChI is InChI=1S/C10H7F2N3O3/c11-4-1-2-6(5(12)3-4)15-7(9(16)17)8(13)14-10(15)18/h1-3H,13H2,(H,14,18)(H,16,17). The molecule has 0 saturated heterocycles. The summed E-state index contributed by atoms with van der Waals surface area (Å²) in [6, 6.07) is 2.39. The van der Waals surface area contributed by atoms with Crippen LogP contribution in [0.4, 0.5) is 14.6 Å². The highest BCUT2D eigenvalue weighted by Crippen LogP contribution is 2.17. The third kappa shape index (κ3) is 1.73. The Morgan fingerprint density at radius 2 is 2.06 bits per heavy atom. The number of nitrogens with zero attached hydrogens (tertiary/aromatic N) is 1. The van der Waals surface area contributed by atoms with Crippen LogP contribution in [0.3, 0.4) is 0 Å². The minimum absolute atomic E-state index is 0.397. The SMILES string of the molecule is Nc1[nH]c(=O)n(-c2ccc(F)cc2F)c1C(=O)O. The van der Waals surface area contributed by atoms with Gasteiger partial charge >= 0.3 is 11.7 Å². The normalized spacial score (nSPS) is 10.6. The van der Waals surface area contributed by atoms with Gasteiger partial charge in [0.25, 0.3) is 0 Å². The second-order valence-corrected chi connectivity index (χ2v) is 3.43. The highest BCUT2D eigenvalue weighted by molar-refractivity contribution is 5.91. The second-order valence-electron chi connectivity index (χ2n) is 3.43. The molecule has 0 aliphatic rings. The molecule has 1 aromatic heterocycles. The zero-order valence-corrected chi connectivity index (χ0v) is 8.78. The van der Waals surface area contributed by atoms with Crippen LogP contribution < -0.4 is 11.4 Å². The summed E-state index contributed by atoms with van der Waals surface area (Å²) in [6.07, 6.45) is 0. The van der Waals surface area contributed by atoms with Crippen molar-refractivity contribution in [1.82, 2.24) is 9.55 Å². The number of nitrogen functional groups attached to an aromatic ring is 1. The molecular formula is C10H7F2N3O3. The highest BCUT2D eigenvalue weighted by Gasteiger charge is 2.21. The molecule has 0 unspecified atom stereocenters. The van der Waals surface area contributed by atoms with Gasteiger partial charge in [-0.15, -0.1) is 0 Å². The number of halogens is 2. The topological polar surface area (TPSA) is 101 Å². The Balaban J connectivity index is 2.79. The fraction of sp³-hybridized carbons (Fsp3) is 0. The van der Waals surface area contributed by atoms with Gasteiger partial charge in [-0.2, -0.15) is 0 Å². The lowest BCUT2D eigenvalue weighted by atomic mass is 10.3. The smallest absolute Gasteiger partial charge is 0.356 e. The van der Waals surface area contributed by atoms with Crippen LogP contribution in [0.1, 0.15) is 10.5 Å². The quantitative estimate of drug-likeness (QED) is 0.736. The first-order chi connectivity index (χ1) is 8.41. The molecule has 0 bridgehead atoms. The number of rotatable bonds is 2. The maximum absolute atomic E-state index is 13.5. The average Bonchev–Trinajstić information content (AvgIpc) is 2.53. The Hall–Kier alpha value is -2.64. The van der Waals surface area contributed by atoms with E-state index in [0.717, 1.165) is 12.1 Å². The summed E-state index contributed by atoms with van der Waals surface area (Å²) >= 11 is 0. The molecule has 1 heterocycles. The number of imidazole rings is 1. The van der Waals surface area contributed by atoms with E-state index in [0.29, 0.717) is 10.6 Å². The Kier molecular flexibility index (Phi) is 2.62. The van der Waals surface area contributed by atoms with Gasteiger partial charge in [0.1, 0.15) is 17.5 Å². The zero-order valence-electron chi connectivity index (χ0n) is 8.78. The van der Waals surface area contributed by atoms with Gasteiger partial charge in [-0.05, 0) is 12.1 Å². The molecule has 94 valence electrons. The molecule has 0 aliphatic heterocycles. The lowest BCUT2D eigenvalue weighted by Gasteiger charge is -2.05. The van der Waals surface area contributed by atoms with Crippen molar-refractivity contribution in [3.8, 4) is 5.69 Å². The molecule has 0 saturated carbocycles. The van der Waals surface area contributed by atoms with Crippen LogP contribution in [0.5, 0.6) is 0 Å². The van der Waals surface area contributed by atoms with Crippen LogP contribution in [0.15, 0.2) is 23.0 Å². The molecule has 6 nitrogen and oxygen atoms in total. The molecule has 0 atom stereocenters. The monoisotopic (exact) mass is 255 g/mol. The number of aromatic amines is 1. The summed E-state index contributed by atoms with van der Waals surface area (Å²) in [5.41, 5.74) is 3.38. The number of aromatic carboxylic acids is 1. The largest absolute Gasteiger partial charge is 0.476 e. The minimum atomic E-state index is -1.51. The number of hydrogen-bond donors (Lipinski definition) is 3. The van der Waals surface area contributed by atoms with Crippen LogP contribution >= 0.6 is 0 Å². The van der Waals surface area contributed by atoms with E-state index < -0.39 is 40.5 Å². The number of H-pyrrole nitrogens is 1. The van der Waals surface area contributed by atoms with E-state index in [-0.39, 0.29) is 0 Å². The van der Waals surface area contributed by atoms with E-state index in [4.69, 9.17) is 10.8 Å². The maximum atomic E-state index is 13.5. The Labute approximate surface area is 98.3 Å². The van der Waals surface area contributed by atoms with Crippen LogP contribution in [-0.2, 0) is 0 Å². The van der Waals surface area contributed by atoms with Crippen molar-refractivity contribution < 1.29 is 18.7 Å². The number of carboxylic acids is 1. The molecule has 0 amide bonds. The van der Waals surface area contributed by atoms with Crippen molar-refractivity contribution in [2.45, 2.75) is 0 Å². The summed E-state index contributed by atoms with van der Waals surface area (Å²) in [7, 11) is 0. The van der Waals surface area contributed by atoms with Gasteiger partial charge in [0.05, 0.1) is 5.69 Å². The molecule has 0 spiro atoms. The molecule has 1 aromatic carbocycles. The summed E-state index contributed by atoms with van der Waals surface area (Å²) in [5.74, 6) is -3.82. The van der Waals surface area contributed by atoms with E-state index in [1.807, 2.05) is 4.98 Å². The van der Waals surface area contributed by atoms with Crippen molar-refractivity contribution in [2.75, 3.05) is 5.73 Å². The Morgan fingerprint density at radius 1 is 1.39 bits per heavy atom. The average molecular weight is 255 g/mol. The van der Waals surface area contributed by atoms with Crippen LogP contribution in [0.25, 0.3) is 5.69 Å². The number of anilines is 1. The third-order valence-corrected chi connectivity index (χ3v) is 2.28. The number of nitrogens with one attached hydrogen (secondary N) is 1. The lowest BCUT2D eigenvalue weighted by molar-refractivity contribution is 0.0689.